The molecule has 0 aromatic carbocycles. The minimum absolute atomic E-state index is 0.0181. The van der Waals surface area contributed by atoms with Crippen molar-refractivity contribution in [2.45, 2.75) is 38.6 Å². The first kappa shape index (κ1) is 15.8. The van der Waals surface area contributed by atoms with Crippen LogP contribution >= 0.6 is 11.3 Å². The number of carbonyl (C=O) groups excluding carboxylic acids is 2. The van der Waals surface area contributed by atoms with Crippen molar-refractivity contribution in [2.75, 3.05) is 6.54 Å². The number of hydrogen-bond donors (Lipinski definition) is 1. The van der Waals surface area contributed by atoms with Crippen LogP contribution in [0.25, 0.3) is 10.6 Å². The maximum Gasteiger partial charge on any atom is 0.264 e. The Balaban J connectivity index is 1.79. The first-order valence-corrected chi connectivity index (χ1v) is 8.62. The number of nitrogens with two attached hydrogens (primary N) is 1. The summed E-state index contributed by atoms with van der Waals surface area (Å²) in [6.07, 6.45) is 3.07. The first-order valence-electron chi connectivity index (χ1n) is 7.80. The summed E-state index contributed by atoms with van der Waals surface area (Å²) in [6, 6.07) is 7.47. The van der Waals surface area contributed by atoms with Crippen molar-refractivity contribution in [3.8, 4) is 10.6 Å². The average Bonchev–Trinajstić information content (AvgIpc) is 3.15. The van der Waals surface area contributed by atoms with E-state index in [0.29, 0.717) is 11.4 Å². The number of rotatable bonds is 4. The van der Waals surface area contributed by atoms with Crippen LogP contribution in [0.1, 0.15) is 41.1 Å². The van der Waals surface area contributed by atoms with E-state index < -0.39 is 0 Å². The molecule has 5 nitrogen and oxygen atoms in total. The molecule has 0 radical (unpaired) electrons. The minimum atomic E-state index is -0.354. The highest BCUT2D eigenvalue weighted by Crippen LogP contribution is 2.31. The summed E-state index contributed by atoms with van der Waals surface area (Å²) < 4.78 is 5.61. The van der Waals surface area contributed by atoms with Gasteiger partial charge in [0.2, 0.25) is 5.91 Å². The van der Waals surface area contributed by atoms with Gasteiger partial charge in [-0.05, 0) is 50.5 Å². The van der Waals surface area contributed by atoms with Gasteiger partial charge in [-0.3, -0.25) is 9.59 Å². The summed E-state index contributed by atoms with van der Waals surface area (Å²) in [4.78, 5) is 27.4. The zero-order chi connectivity index (χ0) is 16.4. The molecule has 1 saturated heterocycles. The Hall–Kier alpha value is -2.08. The Morgan fingerprint density at radius 3 is 2.83 bits per heavy atom. The van der Waals surface area contributed by atoms with Crippen LogP contribution in [0.4, 0.5) is 0 Å². The van der Waals surface area contributed by atoms with Crippen molar-refractivity contribution in [3.05, 3.63) is 34.9 Å². The quantitative estimate of drug-likeness (QED) is 0.934. The average molecular weight is 332 g/mol. The third kappa shape index (κ3) is 3.47. The highest BCUT2D eigenvalue weighted by atomic mass is 32.1. The van der Waals surface area contributed by atoms with Gasteiger partial charge in [-0.15, -0.1) is 11.3 Å². The number of primary amides is 1. The number of hydrogen-bond acceptors (Lipinski definition) is 4. The minimum Gasteiger partial charge on any atom is -0.461 e. The molecule has 2 aromatic heterocycles. The van der Waals surface area contributed by atoms with Gasteiger partial charge in [0.25, 0.3) is 5.91 Å². The number of likely N-dealkylation sites (tertiary alicyclic amines) is 1. The summed E-state index contributed by atoms with van der Waals surface area (Å²) in [7, 11) is 0. The summed E-state index contributed by atoms with van der Waals surface area (Å²) in [6.45, 7) is 2.58. The van der Waals surface area contributed by atoms with Gasteiger partial charge in [-0.2, -0.15) is 0 Å². The molecule has 2 aromatic rings. The third-order valence-corrected chi connectivity index (χ3v) is 5.21. The van der Waals surface area contributed by atoms with E-state index in [0.717, 1.165) is 35.7 Å². The molecule has 1 aliphatic heterocycles. The maximum atomic E-state index is 12.8. The molecule has 3 heterocycles. The van der Waals surface area contributed by atoms with E-state index in [1.165, 1.54) is 11.3 Å². The summed E-state index contributed by atoms with van der Waals surface area (Å²) in [5.74, 6) is 1.25. The molecular formula is C17H20N2O3S. The lowest BCUT2D eigenvalue weighted by molar-refractivity contribution is -0.119. The van der Waals surface area contributed by atoms with Crippen molar-refractivity contribution in [2.24, 2.45) is 5.73 Å². The largest absolute Gasteiger partial charge is 0.461 e. The van der Waals surface area contributed by atoms with Crippen molar-refractivity contribution in [1.29, 1.82) is 0 Å². The summed E-state index contributed by atoms with van der Waals surface area (Å²) in [5.41, 5.74) is 5.32. The molecule has 0 unspecified atom stereocenters. The molecule has 122 valence electrons. The molecule has 0 aliphatic carbocycles. The molecule has 0 spiro atoms. The van der Waals surface area contributed by atoms with Crippen LogP contribution in [0, 0.1) is 6.92 Å². The molecule has 1 atom stereocenters. The standard InChI is InChI=1S/C17H20N2O3S/c1-11-5-6-13(22-11)14-7-8-15(23-14)17(21)19-9-3-2-4-12(19)10-16(18)20/h5-8,12H,2-4,9-10H2,1H3,(H2,18,20)/t12-/m0/s1. The van der Waals surface area contributed by atoms with Gasteiger partial charge in [0.05, 0.1) is 9.75 Å². The van der Waals surface area contributed by atoms with Crippen LogP contribution in [0.3, 0.4) is 0 Å². The van der Waals surface area contributed by atoms with Gasteiger partial charge in [0, 0.05) is 19.0 Å². The van der Waals surface area contributed by atoms with E-state index in [9.17, 15) is 9.59 Å². The fourth-order valence-corrected chi connectivity index (χ4v) is 3.93. The Labute approximate surface area is 139 Å². The lowest BCUT2D eigenvalue weighted by Gasteiger charge is -2.34. The second-order valence-electron chi connectivity index (χ2n) is 5.89. The number of thiophene rings is 1. The van der Waals surface area contributed by atoms with Gasteiger partial charge in [-0.1, -0.05) is 0 Å². The number of aryl methyl sites for hydroxylation is 1. The highest BCUT2D eigenvalue weighted by Gasteiger charge is 2.29. The van der Waals surface area contributed by atoms with Crippen LogP contribution in [0.5, 0.6) is 0 Å². The summed E-state index contributed by atoms with van der Waals surface area (Å²) >= 11 is 1.42. The topological polar surface area (TPSA) is 76.5 Å². The number of nitrogens with zero attached hydrogens (tertiary/aromatic N) is 1. The second-order valence-corrected chi connectivity index (χ2v) is 6.98. The van der Waals surface area contributed by atoms with E-state index in [1.807, 2.05) is 31.2 Å². The van der Waals surface area contributed by atoms with Crippen molar-refractivity contribution >= 4 is 23.2 Å². The normalized spacial score (nSPS) is 18.1. The predicted molar refractivity (Wildman–Crippen MR) is 89.2 cm³/mol. The predicted octanol–water partition coefficient (Wildman–Crippen LogP) is 3.19. The molecule has 0 saturated carbocycles. The summed E-state index contributed by atoms with van der Waals surface area (Å²) in [5, 5.41) is 0. The number of piperidine rings is 1. The number of carbonyl (C=O) groups is 2. The number of furan rings is 1. The van der Waals surface area contributed by atoms with E-state index in [-0.39, 0.29) is 24.3 Å². The van der Waals surface area contributed by atoms with E-state index in [2.05, 4.69) is 0 Å². The first-order chi connectivity index (χ1) is 11.0. The van der Waals surface area contributed by atoms with Crippen molar-refractivity contribution in [3.63, 3.8) is 0 Å². The molecule has 6 heteroatoms. The Morgan fingerprint density at radius 1 is 1.30 bits per heavy atom. The van der Waals surface area contributed by atoms with Gasteiger partial charge >= 0.3 is 0 Å². The maximum absolute atomic E-state index is 12.8. The molecule has 23 heavy (non-hydrogen) atoms. The molecule has 2 amide bonds. The molecular weight excluding hydrogens is 312 g/mol. The van der Waals surface area contributed by atoms with Crippen LogP contribution in [-0.4, -0.2) is 29.3 Å². The Bertz CT molecular complexity index is 719. The van der Waals surface area contributed by atoms with E-state index in [4.69, 9.17) is 10.2 Å². The van der Waals surface area contributed by atoms with Crippen LogP contribution in [0.15, 0.2) is 28.7 Å². The molecule has 2 N–H and O–H groups in total. The molecule has 0 bridgehead atoms. The van der Waals surface area contributed by atoms with Crippen LogP contribution < -0.4 is 5.73 Å². The van der Waals surface area contributed by atoms with Gasteiger partial charge in [-0.25, -0.2) is 0 Å². The fourth-order valence-electron chi connectivity index (χ4n) is 3.01. The van der Waals surface area contributed by atoms with E-state index >= 15 is 0 Å². The zero-order valence-electron chi connectivity index (χ0n) is 13.1. The Kier molecular flexibility index (Phi) is 4.52. The Morgan fingerprint density at radius 2 is 2.13 bits per heavy atom. The molecule has 1 fully saturated rings. The van der Waals surface area contributed by atoms with Crippen LogP contribution in [0.2, 0.25) is 0 Å². The van der Waals surface area contributed by atoms with Crippen LogP contribution in [-0.2, 0) is 4.79 Å². The van der Waals surface area contributed by atoms with Gasteiger partial charge in [0.1, 0.15) is 11.5 Å². The number of amides is 2. The van der Waals surface area contributed by atoms with Crippen molar-refractivity contribution < 1.29 is 14.0 Å². The second kappa shape index (κ2) is 6.58. The van der Waals surface area contributed by atoms with Gasteiger partial charge in [0.15, 0.2) is 0 Å². The van der Waals surface area contributed by atoms with E-state index in [1.54, 1.807) is 4.90 Å². The monoisotopic (exact) mass is 332 g/mol. The lowest BCUT2D eigenvalue weighted by atomic mass is 9.99. The fraction of sp³-hybridized carbons (Fsp3) is 0.412. The zero-order valence-corrected chi connectivity index (χ0v) is 13.9. The smallest absolute Gasteiger partial charge is 0.264 e. The third-order valence-electron chi connectivity index (χ3n) is 4.12. The SMILES string of the molecule is Cc1ccc(-c2ccc(C(=O)N3CCCC[C@H]3CC(N)=O)s2)o1. The molecule has 3 rings (SSSR count). The lowest BCUT2D eigenvalue weighted by Crippen LogP contribution is -2.45. The highest BCUT2D eigenvalue weighted by molar-refractivity contribution is 7.17. The molecule has 1 aliphatic rings. The van der Waals surface area contributed by atoms with Gasteiger partial charge < -0.3 is 15.1 Å². The van der Waals surface area contributed by atoms with Crippen molar-refractivity contribution in [1.82, 2.24) is 4.90 Å².